The Kier molecular flexibility index (Phi) is 10.6. The molecule has 0 radical (unpaired) electrons. The number of unbranched alkanes of at least 4 members (excludes halogenated alkanes) is 8. The van der Waals surface area contributed by atoms with E-state index in [-0.39, 0.29) is 17.0 Å². The smallest absolute Gasteiger partial charge is 0.358 e. The van der Waals surface area contributed by atoms with Crippen LogP contribution >= 0.6 is 11.6 Å². The van der Waals surface area contributed by atoms with Crippen molar-refractivity contribution in [3.8, 4) is 0 Å². The molecule has 0 saturated heterocycles. The molecule has 0 aliphatic rings. The van der Waals surface area contributed by atoms with E-state index in [1.54, 1.807) is 0 Å². The lowest BCUT2D eigenvalue weighted by atomic mass is 10.1. The zero-order chi connectivity index (χ0) is 16.9. The molecule has 23 heavy (non-hydrogen) atoms. The molecule has 1 heterocycles. The summed E-state index contributed by atoms with van der Waals surface area (Å²) in [6, 6.07) is 0. The lowest BCUT2D eigenvalue weighted by molar-refractivity contribution is 0.0312. The topological polar surface area (TPSA) is 52.1 Å². The summed E-state index contributed by atoms with van der Waals surface area (Å²) in [6.45, 7) is 4.17. The lowest BCUT2D eigenvalue weighted by Gasteiger charge is -2.12. The van der Waals surface area contributed by atoms with Gasteiger partial charge in [-0.25, -0.2) is 14.8 Å². The van der Waals surface area contributed by atoms with E-state index in [0.29, 0.717) is 0 Å². The largest absolute Gasteiger partial charge is 0.458 e. The molecule has 1 atom stereocenters. The van der Waals surface area contributed by atoms with Crippen molar-refractivity contribution >= 4 is 17.6 Å². The zero-order valence-electron chi connectivity index (χ0n) is 14.4. The summed E-state index contributed by atoms with van der Waals surface area (Å²) >= 11 is 5.64. The van der Waals surface area contributed by atoms with Crippen molar-refractivity contribution in [2.45, 2.75) is 84.2 Å². The van der Waals surface area contributed by atoms with Gasteiger partial charge in [0.15, 0.2) is 5.69 Å². The quantitative estimate of drug-likeness (QED) is 0.367. The summed E-state index contributed by atoms with van der Waals surface area (Å²) in [5.74, 6) is -0.433. The average molecular weight is 341 g/mol. The molecular weight excluding hydrogens is 312 g/mol. The summed E-state index contributed by atoms with van der Waals surface area (Å²) in [4.78, 5) is 19.6. The van der Waals surface area contributed by atoms with E-state index in [1.165, 1.54) is 63.8 Å². The molecule has 0 aromatic carbocycles. The van der Waals surface area contributed by atoms with Gasteiger partial charge in [-0.3, -0.25) is 0 Å². The van der Waals surface area contributed by atoms with Crippen LogP contribution in [0.5, 0.6) is 0 Å². The Labute approximate surface area is 145 Å². The first-order valence-corrected chi connectivity index (χ1v) is 9.19. The van der Waals surface area contributed by atoms with Crippen molar-refractivity contribution in [3.63, 3.8) is 0 Å². The molecule has 4 nitrogen and oxygen atoms in total. The summed E-state index contributed by atoms with van der Waals surface area (Å²) in [6.07, 6.45) is 15.1. The molecular formula is C18H29ClN2O2. The molecule has 0 aliphatic heterocycles. The van der Waals surface area contributed by atoms with Gasteiger partial charge in [-0.15, -0.1) is 0 Å². The summed E-state index contributed by atoms with van der Waals surface area (Å²) < 4.78 is 5.36. The third-order valence-corrected chi connectivity index (χ3v) is 4.05. The van der Waals surface area contributed by atoms with Crippen LogP contribution in [-0.2, 0) is 4.74 Å². The maximum atomic E-state index is 11.9. The molecule has 5 heteroatoms. The summed E-state index contributed by atoms with van der Waals surface area (Å²) in [7, 11) is 0. The molecule has 1 aromatic rings. The molecule has 0 spiro atoms. The van der Waals surface area contributed by atoms with Gasteiger partial charge in [0.05, 0.1) is 18.5 Å². The number of carbonyl (C=O) groups is 1. The van der Waals surface area contributed by atoms with Crippen LogP contribution in [0.15, 0.2) is 12.4 Å². The number of ether oxygens (including phenoxy) is 1. The van der Waals surface area contributed by atoms with Crippen LogP contribution in [0.25, 0.3) is 0 Å². The van der Waals surface area contributed by atoms with Gasteiger partial charge in [-0.1, -0.05) is 69.9 Å². The van der Waals surface area contributed by atoms with Gasteiger partial charge < -0.3 is 4.74 Å². The van der Waals surface area contributed by atoms with Gasteiger partial charge in [-0.2, -0.15) is 0 Å². The Hall–Kier alpha value is -1.16. The van der Waals surface area contributed by atoms with Gasteiger partial charge in [0, 0.05) is 0 Å². The van der Waals surface area contributed by atoms with Gasteiger partial charge in [0.1, 0.15) is 5.15 Å². The standard InChI is InChI=1S/C18H29ClN2O2/c1-3-4-5-6-7-8-9-10-11-12-15(2)23-18(22)16-13-21-17(19)14-20-16/h13-15H,3-12H2,1-2H3/t15-/m1/s1. The minimum absolute atomic E-state index is 0.0930. The number of hydrogen-bond acceptors (Lipinski definition) is 4. The third kappa shape index (κ3) is 9.54. The Morgan fingerprint density at radius 2 is 1.65 bits per heavy atom. The van der Waals surface area contributed by atoms with E-state index in [1.807, 2.05) is 6.92 Å². The van der Waals surface area contributed by atoms with Crippen LogP contribution in [0.2, 0.25) is 5.15 Å². The second-order valence-electron chi connectivity index (χ2n) is 6.06. The maximum Gasteiger partial charge on any atom is 0.358 e. The van der Waals surface area contributed by atoms with E-state index < -0.39 is 5.97 Å². The maximum absolute atomic E-state index is 11.9. The van der Waals surface area contributed by atoms with Crippen LogP contribution in [0.3, 0.4) is 0 Å². The summed E-state index contributed by atoms with van der Waals surface area (Å²) in [5, 5.41) is 0.268. The lowest BCUT2D eigenvalue weighted by Crippen LogP contribution is -2.16. The minimum atomic E-state index is -0.433. The normalized spacial score (nSPS) is 12.1. The van der Waals surface area contributed by atoms with Crippen molar-refractivity contribution < 1.29 is 9.53 Å². The van der Waals surface area contributed by atoms with Crippen LogP contribution < -0.4 is 0 Å². The molecule has 0 unspecified atom stereocenters. The average Bonchev–Trinajstić information content (AvgIpc) is 2.54. The van der Waals surface area contributed by atoms with Crippen LogP contribution in [-0.4, -0.2) is 22.0 Å². The molecule has 1 aromatic heterocycles. The molecule has 1 rings (SSSR count). The van der Waals surface area contributed by atoms with Gasteiger partial charge in [-0.05, 0) is 19.8 Å². The van der Waals surface area contributed by atoms with Gasteiger partial charge >= 0.3 is 5.97 Å². The number of halogens is 1. The minimum Gasteiger partial charge on any atom is -0.458 e. The molecule has 0 amide bonds. The van der Waals surface area contributed by atoms with Crippen LogP contribution in [0.4, 0.5) is 0 Å². The second kappa shape index (κ2) is 12.3. The Bertz CT molecular complexity index is 437. The van der Waals surface area contributed by atoms with Crippen LogP contribution in [0, 0.1) is 0 Å². The fourth-order valence-electron chi connectivity index (χ4n) is 2.46. The molecule has 0 N–H and O–H groups in total. The predicted molar refractivity (Wildman–Crippen MR) is 93.8 cm³/mol. The fraction of sp³-hybridized carbons (Fsp3) is 0.722. The van der Waals surface area contributed by atoms with E-state index >= 15 is 0 Å². The van der Waals surface area contributed by atoms with Crippen molar-refractivity contribution in [3.05, 3.63) is 23.2 Å². The molecule has 0 aliphatic carbocycles. The highest BCUT2D eigenvalue weighted by Gasteiger charge is 2.13. The van der Waals surface area contributed by atoms with Gasteiger partial charge in [0.25, 0.3) is 0 Å². The SMILES string of the molecule is CCCCCCCCCCC[C@@H](C)OC(=O)c1cnc(Cl)cn1. The second-order valence-corrected chi connectivity index (χ2v) is 6.44. The van der Waals surface area contributed by atoms with Crippen molar-refractivity contribution in [2.24, 2.45) is 0 Å². The number of rotatable bonds is 12. The number of hydrogen-bond donors (Lipinski definition) is 0. The van der Waals surface area contributed by atoms with Crippen molar-refractivity contribution in [2.75, 3.05) is 0 Å². The first-order valence-electron chi connectivity index (χ1n) is 8.82. The molecule has 130 valence electrons. The van der Waals surface area contributed by atoms with Gasteiger partial charge in [0.2, 0.25) is 0 Å². The van der Waals surface area contributed by atoms with Crippen molar-refractivity contribution in [1.82, 2.24) is 9.97 Å². The van der Waals surface area contributed by atoms with E-state index in [0.717, 1.165) is 12.8 Å². The van der Waals surface area contributed by atoms with E-state index in [4.69, 9.17) is 16.3 Å². The highest BCUT2D eigenvalue weighted by Crippen LogP contribution is 2.13. The molecule has 0 fully saturated rings. The first kappa shape index (κ1) is 19.9. The molecule has 0 saturated carbocycles. The van der Waals surface area contributed by atoms with E-state index in [9.17, 15) is 4.79 Å². The third-order valence-electron chi connectivity index (χ3n) is 3.85. The fourth-order valence-corrected chi connectivity index (χ4v) is 2.56. The Morgan fingerprint density at radius 1 is 1.04 bits per heavy atom. The molecule has 0 bridgehead atoms. The van der Waals surface area contributed by atoms with E-state index in [2.05, 4.69) is 16.9 Å². The Balaban J connectivity index is 2.04. The van der Waals surface area contributed by atoms with Crippen molar-refractivity contribution in [1.29, 1.82) is 0 Å². The monoisotopic (exact) mass is 340 g/mol. The first-order chi connectivity index (χ1) is 11.1. The highest BCUT2D eigenvalue weighted by molar-refractivity contribution is 6.29. The number of aromatic nitrogens is 2. The van der Waals surface area contributed by atoms with Crippen LogP contribution in [0.1, 0.15) is 88.5 Å². The predicted octanol–water partition coefficient (Wildman–Crippen LogP) is 5.60. The number of nitrogens with zero attached hydrogens (tertiary/aromatic N) is 2. The Morgan fingerprint density at radius 3 is 2.22 bits per heavy atom. The summed E-state index contributed by atoms with van der Waals surface area (Å²) in [5.41, 5.74) is 0.202. The number of esters is 1. The zero-order valence-corrected chi connectivity index (χ0v) is 15.1. The number of carbonyl (C=O) groups excluding carboxylic acids is 1. The highest BCUT2D eigenvalue weighted by atomic mass is 35.5.